The van der Waals surface area contributed by atoms with Crippen molar-refractivity contribution in [2.24, 2.45) is 0 Å². The van der Waals surface area contributed by atoms with Crippen molar-refractivity contribution in [3.05, 3.63) is 102 Å². The van der Waals surface area contributed by atoms with Crippen molar-refractivity contribution in [3.8, 4) is 17.1 Å². The first-order valence-corrected chi connectivity index (χ1v) is 15.9. The molecule has 1 aromatic heterocycles. The summed E-state index contributed by atoms with van der Waals surface area (Å²) in [6.07, 6.45) is 1.02. The van der Waals surface area contributed by atoms with Gasteiger partial charge in [0.05, 0.1) is 16.1 Å². The molecule has 43 heavy (non-hydrogen) atoms. The lowest BCUT2D eigenvalue weighted by molar-refractivity contribution is 0.200. The van der Waals surface area contributed by atoms with Gasteiger partial charge in [0, 0.05) is 44.0 Å². The summed E-state index contributed by atoms with van der Waals surface area (Å²) in [7, 11) is -3.80. The van der Waals surface area contributed by atoms with Gasteiger partial charge in [-0.3, -0.25) is 9.62 Å². The molecular formula is C33H34FN5O3S. The van der Waals surface area contributed by atoms with Crippen molar-refractivity contribution >= 4 is 32.4 Å². The average Bonchev–Trinajstić information content (AvgIpc) is 3.47. The second-order valence-electron chi connectivity index (χ2n) is 10.6. The maximum atomic E-state index is 13.1. The van der Waals surface area contributed by atoms with Gasteiger partial charge in [0.25, 0.3) is 10.0 Å². The molecule has 1 saturated heterocycles. The molecular weight excluding hydrogens is 565 g/mol. The first-order chi connectivity index (χ1) is 20.9. The molecule has 1 aliphatic rings. The smallest absolute Gasteiger partial charge is 0.261 e. The van der Waals surface area contributed by atoms with Crippen LogP contribution in [0.4, 0.5) is 15.8 Å². The molecule has 0 radical (unpaired) electrons. The molecule has 1 aliphatic heterocycles. The molecule has 8 nitrogen and oxygen atoms in total. The van der Waals surface area contributed by atoms with Crippen LogP contribution in [-0.2, 0) is 16.4 Å². The summed E-state index contributed by atoms with van der Waals surface area (Å²) in [6.45, 7) is 7.10. The van der Waals surface area contributed by atoms with E-state index in [2.05, 4.69) is 68.9 Å². The molecule has 0 saturated carbocycles. The van der Waals surface area contributed by atoms with Gasteiger partial charge in [-0.25, -0.2) is 17.8 Å². The van der Waals surface area contributed by atoms with E-state index in [0.717, 1.165) is 79.4 Å². The van der Waals surface area contributed by atoms with Crippen LogP contribution in [0.15, 0.2) is 95.9 Å². The van der Waals surface area contributed by atoms with Crippen molar-refractivity contribution in [2.45, 2.75) is 18.2 Å². The summed E-state index contributed by atoms with van der Waals surface area (Å²) in [4.78, 5) is 13.3. The molecule has 2 heterocycles. The van der Waals surface area contributed by atoms with Gasteiger partial charge in [0.1, 0.15) is 29.5 Å². The Morgan fingerprint density at radius 3 is 2.33 bits per heavy atom. The van der Waals surface area contributed by atoms with Crippen LogP contribution < -0.4 is 14.4 Å². The molecule has 0 bridgehead atoms. The normalized spacial score (nSPS) is 14.2. The second-order valence-corrected chi connectivity index (χ2v) is 12.3. The van der Waals surface area contributed by atoms with E-state index >= 15 is 0 Å². The Hall–Kier alpha value is -4.41. The zero-order valence-electron chi connectivity index (χ0n) is 24.0. The van der Waals surface area contributed by atoms with Gasteiger partial charge in [0.15, 0.2) is 0 Å². The largest absolute Gasteiger partial charge is 0.492 e. The molecule has 0 unspecified atom stereocenters. The number of para-hydroxylation sites is 1. The number of H-pyrrole nitrogens is 1. The van der Waals surface area contributed by atoms with Crippen molar-refractivity contribution in [1.82, 2.24) is 14.9 Å². The van der Waals surface area contributed by atoms with Crippen LogP contribution in [0.1, 0.15) is 12.5 Å². The lowest BCUT2D eigenvalue weighted by Gasteiger charge is -2.36. The lowest BCUT2D eigenvalue weighted by atomic mass is 10.1. The van der Waals surface area contributed by atoms with Crippen molar-refractivity contribution < 1.29 is 17.5 Å². The molecule has 1 fully saturated rings. The summed E-state index contributed by atoms with van der Waals surface area (Å²) in [5.41, 5.74) is 5.99. The number of piperazine rings is 1. The maximum Gasteiger partial charge on any atom is 0.261 e. The molecule has 0 atom stereocenters. The summed E-state index contributed by atoms with van der Waals surface area (Å²) in [5, 5.41) is 0. The van der Waals surface area contributed by atoms with Gasteiger partial charge < -0.3 is 14.6 Å². The van der Waals surface area contributed by atoms with Crippen LogP contribution in [-0.4, -0.2) is 62.6 Å². The van der Waals surface area contributed by atoms with Crippen molar-refractivity contribution in [3.63, 3.8) is 0 Å². The molecule has 0 amide bonds. The number of ether oxygens (including phenoxy) is 1. The number of aromatic amines is 1. The molecule has 2 N–H and O–H groups in total. The van der Waals surface area contributed by atoms with E-state index in [-0.39, 0.29) is 4.90 Å². The number of fused-ring (bicyclic) bond motifs is 1. The number of aryl methyl sites for hydroxylation is 1. The maximum absolute atomic E-state index is 13.1. The molecule has 222 valence electrons. The van der Waals surface area contributed by atoms with E-state index in [1.165, 1.54) is 17.7 Å². The Bertz CT molecular complexity index is 1780. The average molecular weight is 600 g/mol. The zero-order chi connectivity index (χ0) is 29.8. The van der Waals surface area contributed by atoms with Crippen molar-refractivity contribution in [2.75, 3.05) is 49.0 Å². The lowest BCUT2D eigenvalue weighted by Crippen LogP contribution is -2.47. The highest BCUT2D eigenvalue weighted by molar-refractivity contribution is 7.92. The van der Waals surface area contributed by atoms with E-state index < -0.39 is 15.8 Å². The zero-order valence-corrected chi connectivity index (χ0v) is 24.8. The number of halogens is 1. The highest BCUT2D eigenvalue weighted by atomic mass is 32.2. The number of imidazole rings is 1. The Morgan fingerprint density at radius 1 is 0.907 bits per heavy atom. The fourth-order valence-corrected chi connectivity index (χ4v) is 6.32. The van der Waals surface area contributed by atoms with Crippen LogP contribution in [0.25, 0.3) is 22.4 Å². The van der Waals surface area contributed by atoms with Crippen LogP contribution >= 0.6 is 0 Å². The van der Waals surface area contributed by atoms with Crippen LogP contribution in [0.2, 0.25) is 0 Å². The minimum Gasteiger partial charge on any atom is -0.492 e. The Balaban J connectivity index is 0.998. The topological polar surface area (TPSA) is 90.6 Å². The number of aromatic nitrogens is 2. The highest BCUT2D eigenvalue weighted by Crippen LogP contribution is 2.29. The van der Waals surface area contributed by atoms with Crippen LogP contribution in [0.5, 0.6) is 5.75 Å². The Morgan fingerprint density at radius 2 is 1.63 bits per heavy atom. The number of anilines is 2. The van der Waals surface area contributed by atoms with Crippen molar-refractivity contribution in [1.29, 1.82) is 0 Å². The molecule has 5 aromatic rings. The number of rotatable bonds is 10. The highest BCUT2D eigenvalue weighted by Gasteiger charge is 2.20. The van der Waals surface area contributed by atoms with E-state index in [0.29, 0.717) is 18.0 Å². The minimum absolute atomic E-state index is 0.00207. The van der Waals surface area contributed by atoms with Crippen LogP contribution in [0.3, 0.4) is 0 Å². The van der Waals surface area contributed by atoms with Gasteiger partial charge >= 0.3 is 0 Å². The number of hydrogen-bond donors (Lipinski definition) is 2. The standard InChI is InChI=1S/C33H34FN5O3S/c1-2-24-6-8-25(9-7-24)33-35-30-4-3-5-31(32(30)36-33)39-20-18-38(19-21-39)22-23-42-28-14-12-27(13-15-28)37-43(40,41)29-16-10-26(34)11-17-29/h3-17,37H,2,18-23H2,1H3,(H,35,36). The number of hydrogen-bond acceptors (Lipinski definition) is 6. The second kappa shape index (κ2) is 12.4. The molecule has 0 aliphatic carbocycles. The predicted octanol–water partition coefficient (Wildman–Crippen LogP) is 5.93. The number of nitrogens with one attached hydrogen (secondary N) is 2. The summed E-state index contributed by atoms with van der Waals surface area (Å²) >= 11 is 0. The first kappa shape index (κ1) is 28.7. The summed E-state index contributed by atoms with van der Waals surface area (Å²) < 4.78 is 46.6. The van der Waals surface area contributed by atoms with E-state index in [4.69, 9.17) is 9.72 Å². The SMILES string of the molecule is CCc1ccc(-c2nc3c(N4CCN(CCOc5ccc(NS(=O)(=O)c6ccc(F)cc6)cc5)CC4)cccc3[nH]2)cc1. The third-order valence-electron chi connectivity index (χ3n) is 7.75. The van der Waals surface area contributed by atoms with Gasteiger partial charge in [-0.15, -0.1) is 0 Å². The molecule has 6 rings (SSSR count). The quantitative estimate of drug-likeness (QED) is 0.207. The third kappa shape index (κ3) is 6.65. The summed E-state index contributed by atoms with van der Waals surface area (Å²) in [6, 6.07) is 26.3. The van der Waals surface area contributed by atoms with Gasteiger partial charge in [-0.05, 0) is 72.6 Å². The van der Waals surface area contributed by atoms with Gasteiger partial charge in [-0.1, -0.05) is 37.3 Å². The fraction of sp³-hybridized carbons (Fsp3) is 0.242. The number of nitrogens with zero attached hydrogens (tertiary/aromatic N) is 3. The minimum atomic E-state index is -3.80. The molecule has 4 aromatic carbocycles. The fourth-order valence-electron chi connectivity index (χ4n) is 5.26. The number of sulfonamides is 1. The Labute approximate surface area is 251 Å². The Kier molecular flexibility index (Phi) is 8.31. The monoisotopic (exact) mass is 599 g/mol. The van der Waals surface area contributed by atoms with E-state index in [9.17, 15) is 12.8 Å². The molecule has 10 heteroatoms. The summed E-state index contributed by atoms with van der Waals surface area (Å²) in [5.74, 6) is 1.06. The van der Waals surface area contributed by atoms with Gasteiger partial charge in [0.2, 0.25) is 0 Å². The van der Waals surface area contributed by atoms with Crippen LogP contribution in [0, 0.1) is 5.82 Å². The third-order valence-corrected chi connectivity index (χ3v) is 9.14. The van der Waals surface area contributed by atoms with E-state index in [1.807, 2.05) is 0 Å². The molecule has 0 spiro atoms. The van der Waals surface area contributed by atoms with E-state index in [1.54, 1.807) is 24.3 Å². The van der Waals surface area contributed by atoms with Gasteiger partial charge in [-0.2, -0.15) is 0 Å². The first-order valence-electron chi connectivity index (χ1n) is 14.4. The predicted molar refractivity (Wildman–Crippen MR) is 169 cm³/mol. The number of benzene rings is 4.